The number of aryl methyl sites for hydroxylation is 1. The number of amides is 1. The van der Waals surface area contributed by atoms with E-state index in [1.807, 2.05) is 69.1 Å². The standard InChI is InChI=1S/C23H28N5O4P.C2H6/c1-15-14-27(33)21-18(15)11-17(13-24-21)16-5-6-19(20(12-16)28(30)31)25-7-9-26(10-8-25)22(29)32-23(2,3)4;1-2/h5-6,11-14H,7-10,33H2,1-4H3;1-2H3. The third kappa shape index (κ3) is 5.90. The minimum atomic E-state index is -0.558. The van der Waals surface area contributed by atoms with Crippen LogP contribution in [0.3, 0.4) is 0 Å². The van der Waals surface area contributed by atoms with Crippen molar-refractivity contribution < 1.29 is 14.5 Å². The van der Waals surface area contributed by atoms with Gasteiger partial charge in [0.15, 0.2) is 0 Å². The summed E-state index contributed by atoms with van der Waals surface area (Å²) < 4.78 is 7.32. The zero-order valence-electron chi connectivity index (χ0n) is 21.2. The molecule has 2 aromatic heterocycles. The lowest BCUT2D eigenvalue weighted by molar-refractivity contribution is -0.384. The molecule has 35 heavy (non-hydrogen) atoms. The molecular weight excluding hydrogens is 465 g/mol. The molecule has 10 heteroatoms. The fourth-order valence-corrected chi connectivity index (χ4v) is 4.45. The van der Waals surface area contributed by atoms with Gasteiger partial charge in [0.2, 0.25) is 0 Å². The van der Waals surface area contributed by atoms with E-state index in [1.54, 1.807) is 23.2 Å². The lowest BCUT2D eigenvalue weighted by Crippen LogP contribution is -2.50. The van der Waals surface area contributed by atoms with Gasteiger partial charge in [-0.15, -0.1) is 0 Å². The average Bonchev–Trinajstić information content (AvgIpc) is 3.11. The summed E-state index contributed by atoms with van der Waals surface area (Å²) >= 11 is 0. The van der Waals surface area contributed by atoms with E-state index in [2.05, 4.69) is 14.4 Å². The van der Waals surface area contributed by atoms with Gasteiger partial charge in [0.25, 0.3) is 5.69 Å². The fraction of sp³-hybridized carbons (Fsp3) is 0.440. The normalized spacial score (nSPS) is 13.9. The van der Waals surface area contributed by atoms with Crippen molar-refractivity contribution in [1.29, 1.82) is 0 Å². The van der Waals surface area contributed by atoms with Crippen molar-refractivity contribution in [3.05, 3.63) is 52.3 Å². The molecule has 3 heterocycles. The van der Waals surface area contributed by atoms with Crippen LogP contribution in [0.5, 0.6) is 0 Å². The van der Waals surface area contributed by atoms with Gasteiger partial charge in [-0.2, -0.15) is 0 Å². The van der Waals surface area contributed by atoms with Gasteiger partial charge >= 0.3 is 6.09 Å². The number of nitro groups is 1. The number of carbonyl (C=O) groups is 1. The molecule has 1 aromatic carbocycles. The molecule has 1 aliphatic rings. The molecule has 0 radical (unpaired) electrons. The van der Waals surface area contributed by atoms with Gasteiger partial charge in [0.05, 0.1) is 4.92 Å². The molecule has 0 saturated carbocycles. The first-order chi connectivity index (χ1) is 16.5. The van der Waals surface area contributed by atoms with Crippen molar-refractivity contribution in [2.75, 3.05) is 31.1 Å². The molecule has 1 fully saturated rings. The molecule has 0 spiro atoms. The van der Waals surface area contributed by atoms with E-state index in [1.165, 1.54) is 0 Å². The lowest BCUT2D eigenvalue weighted by atomic mass is 10.0. The van der Waals surface area contributed by atoms with E-state index < -0.39 is 5.60 Å². The summed E-state index contributed by atoms with van der Waals surface area (Å²) in [5.41, 5.74) is 3.53. The second-order valence-electron chi connectivity index (χ2n) is 9.23. The largest absolute Gasteiger partial charge is 0.444 e. The van der Waals surface area contributed by atoms with E-state index in [0.29, 0.717) is 31.9 Å². The SMILES string of the molecule is CC.Cc1cn(P)c2ncc(-c3ccc(N4CCN(C(=O)OC(C)(C)C)CC4)c([N+](=O)[O-])c3)cc12. The summed E-state index contributed by atoms with van der Waals surface area (Å²) in [5, 5.41) is 12.9. The van der Waals surface area contributed by atoms with Crippen LogP contribution in [0, 0.1) is 17.0 Å². The highest BCUT2D eigenvalue weighted by Gasteiger charge is 2.28. The smallest absolute Gasteiger partial charge is 0.410 e. The Morgan fingerprint density at radius 2 is 1.77 bits per heavy atom. The Labute approximate surface area is 208 Å². The number of benzene rings is 1. The molecule has 0 bridgehead atoms. The van der Waals surface area contributed by atoms with Gasteiger partial charge in [-0.3, -0.25) is 10.1 Å². The van der Waals surface area contributed by atoms with Crippen molar-refractivity contribution in [2.45, 2.75) is 47.1 Å². The lowest BCUT2D eigenvalue weighted by Gasteiger charge is -2.36. The Hall–Kier alpha value is -3.19. The highest BCUT2D eigenvalue weighted by atomic mass is 31.0. The predicted octanol–water partition coefficient (Wildman–Crippen LogP) is 5.64. The number of ether oxygens (including phenoxy) is 1. The highest BCUT2D eigenvalue weighted by molar-refractivity contribution is 7.14. The second kappa shape index (κ2) is 10.6. The van der Waals surface area contributed by atoms with Gasteiger partial charge in [-0.05, 0) is 60.3 Å². The number of aromatic nitrogens is 2. The van der Waals surface area contributed by atoms with Crippen LogP contribution in [0.2, 0.25) is 0 Å². The molecule has 4 rings (SSSR count). The maximum atomic E-state index is 12.3. The molecule has 1 amide bonds. The fourth-order valence-electron chi connectivity index (χ4n) is 4.02. The molecule has 0 aliphatic carbocycles. The molecule has 188 valence electrons. The number of nitro benzene ring substituents is 1. The quantitative estimate of drug-likeness (QED) is 0.263. The number of nitrogens with zero attached hydrogens (tertiary/aromatic N) is 5. The average molecular weight is 500 g/mol. The summed E-state index contributed by atoms with van der Waals surface area (Å²) in [4.78, 5) is 32.0. The van der Waals surface area contributed by atoms with Gasteiger partial charge in [0, 0.05) is 55.6 Å². The predicted molar refractivity (Wildman–Crippen MR) is 143 cm³/mol. The summed E-state index contributed by atoms with van der Waals surface area (Å²) in [5.74, 6) is 0. The molecule has 9 nitrogen and oxygen atoms in total. The number of fused-ring (bicyclic) bond motifs is 1. The van der Waals surface area contributed by atoms with Crippen LogP contribution in [0.15, 0.2) is 36.7 Å². The van der Waals surface area contributed by atoms with Crippen LogP contribution in [-0.2, 0) is 4.74 Å². The highest BCUT2D eigenvalue weighted by Crippen LogP contribution is 2.35. The van der Waals surface area contributed by atoms with Crippen LogP contribution >= 0.6 is 9.39 Å². The van der Waals surface area contributed by atoms with E-state index in [0.717, 1.165) is 27.7 Å². The first-order valence-electron chi connectivity index (χ1n) is 11.8. The number of anilines is 1. The minimum Gasteiger partial charge on any atom is -0.444 e. The maximum Gasteiger partial charge on any atom is 0.410 e. The Morgan fingerprint density at radius 1 is 1.11 bits per heavy atom. The third-order valence-corrected chi connectivity index (χ3v) is 6.04. The van der Waals surface area contributed by atoms with Crippen LogP contribution in [-0.4, -0.2) is 57.0 Å². The first kappa shape index (κ1) is 26.4. The Morgan fingerprint density at radius 3 is 2.37 bits per heavy atom. The topological polar surface area (TPSA) is 93.7 Å². The van der Waals surface area contributed by atoms with E-state index in [4.69, 9.17) is 4.74 Å². The zero-order chi connectivity index (χ0) is 25.9. The number of carbonyl (C=O) groups excluding carboxylic acids is 1. The number of rotatable bonds is 3. The van der Waals surface area contributed by atoms with Crippen LogP contribution in [0.25, 0.3) is 22.2 Å². The molecule has 1 aliphatic heterocycles. The number of pyridine rings is 1. The Balaban J connectivity index is 0.00000167. The van der Waals surface area contributed by atoms with E-state index in [-0.39, 0.29) is 16.7 Å². The molecule has 3 aromatic rings. The van der Waals surface area contributed by atoms with E-state index >= 15 is 0 Å². The third-order valence-electron chi connectivity index (χ3n) is 5.65. The monoisotopic (exact) mass is 499 g/mol. The number of hydrogen-bond acceptors (Lipinski definition) is 6. The first-order valence-corrected chi connectivity index (χ1v) is 12.3. The number of hydrogen-bond donors (Lipinski definition) is 0. The van der Waals surface area contributed by atoms with Crippen LogP contribution in [0.4, 0.5) is 16.2 Å². The van der Waals surface area contributed by atoms with Crippen molar-refractivity contribution in [3.63, 3.8) is 0 Å². The number of piperazine rings is 1. The summed E-state index contributed by atoms with van der Waals surface area (Å²) in [6, 6.07) is 7.29. The van der Waals surface area contributed by atoms with Crippen LogP contribution in [0.1, 0.15) is 40.2 Å². The van der Waals surface area contributed by atoms with Crippen LogP contribution < -0.4 is 4.90 Å². The van der Waals surface area contributed by atoms with Gasteiger partial charge in [0.1, 0.15) is 16.9 Å². The van der Waals surface area contributed by atoms with Crippen molar-refractivity contribution in [2.24, 2.45) is 0 Å². The van der Waals surface area contributed by atoms with Crippen molar-refractivity contribution in [1.82, 2.24) is 14.2 Å². The zero-order valence-corrected chi connectivity index (χ0v) is 22.4. The maximum absolute atomic E-state index is 12.3. The second-order valence-corrected chi connectivity index (χ2v) is 9.79. The van der Waals surface area contributed by atoms with Crippen molar-refractivity contribution in [3.8, 4) is 11.1 Å². The molecule has 0 N–H and O–H groups in total. The Kier molecular flexibility index (Phi) is 8.00. The Bertz CT molecular complexity index is 1230. The van der Waals surface area contributed by atoms with Crippen molar-refractivity contribution >= 4 is 37.9 Å². The van der Waals surface area contributed by atoms with E-state index in [9.17, 15) is 14.9 Å². The van der Waals surface area contributed by atoms with Gasteiger partial charge in [-0.1, -0.05) is 19.9 Å². The van der Waals surface area contributed by atoms with Gasteiger partial charge in [-0.25, -0.2) is 9.78 Å². The molecule has 1 unspecified atom stereocenters. The summed E-state index contributed by atoms with van der Waals surface area (Å²) in [6.07, 6.45) is 3.36. The summed E-state index contributed by atoms with van der Waals surface area (Å²) in [6.45, 7) is 13.4. The summed E-state index contributed by atoms with van der Waals surface area (Å²) in [7, 11) is 2.61. The van der Waals surface area contributed by atoms with Gasteiger partial charge < -0.3 is 18.9 Å². The molecular formula is C25H34N5O4P. The molecule has 1 atom stereocenters. The molecule has 1 saturated heterocycles. The minimum absolute atomic E-state index is 0.0404.